The molecule has 0 aromatic rings. The van der Waals surface area contributed by atoms with Crippen LogP contribution in [0.5, 0.6) is 0 Å². The number of nitrogens with one attached hydrogen (secondary N) is 5. The van der Waals surface area contributed by atoms with E-state index in [1.54, 1.807) is 0 Å². The molecule has 0 spiro atoms. The predicted molar refractivity (Wildman–Crippen MR) is 161 cm³/mol. The molecule has 5 fully saturated rings. The highest BCUT2D eigenvalue weighted by atomic mass is 35.5. The van der Waals surface area contributed by atoms with Gasteiger partial charge in [-0.05, 0) is 77.2 Å². The van der Waals surface area contributed by atoms with E-state index in [2.05, 4.69) is 32.7 Å². The number of amides is 2. The number of alkyl halides is 1. The highest BCUT2D eigenvalue weighted by Crippen LogP contribution is 2.36. The number of hydrogen-bond acceptors (Lipinski definition) is 7. The van der Waals surface area contributed by atoms with Gasteiger partial charge in [0.2, 0.25) is 0 Å². The molecule has 2 heterocycles. The Morgan fingerprint density at radius 3 is 2.49 bits per heavy atom. The molecule has 3 aliphatic carbocycles. The molecule has 41 heavy (non-hydrogen) atoms. The van der Waals surface area contributed by atoms with Crippen LogP contribution in [0.3, 0.4) is 0 Å². The van der Waals surface area contributed by atoms with Crippen molar-refractivity contribution in [2.75, 3.05) is 26.3 Å². The number of carbonyl (C=O) groups is 1. The van der Waals surface area contributed by atoms with Crippen molar-refractivity contribution in [2.24, 2.45) is 11.8 Å². The number of ether oxygens (including phenoxy) is 2. The maximum Gasteiger partial charge on any atom is 0.315 e. The fourth-order valence-corrected chi connectivity index (χ4v) is 8.51. The number of carbonyl (C=O) groups excluding carboxylic acids is 1. The first-order chi connectivity index (χ1) is 20.0. The molecule has 0 radical (unpaired) electrons. The van der Waals surface area contributed by atoms with Gasteiger partial charge in [0, 0.05) is 43.4 Å². The summed E-state index contributed by atoms with van der Waals surface area (Å²) in [6.07, 6.45) is 13.9. The first-order valence-electron chi connectivity index (χ1n) is 16.6. The third-order valence-corrected chi connectivity index (χ3v) is 10.8. The van der Waals surface area contributed by atoms with Crippen LogP contribution in [-0.2, 0) is 9.47 Å². The molecule has 9 nitrogen and oxygen atoms in total. The first kappa shape index (κ1) is 31.3. The highest BCUT2D eigenvalue weighted by molar-refractivity contribution is 6.21. The van der Waals surface area contributed by atoms with E-state index in [0.29, 0.717) is 19.2 Å². The van der Waals surface area contributed by atoms with Gasteiger partial charge in [-0.25, -0.2) is 4.79 Å². The van der Waals surface area contributed by atoms with Crippen molar-refractivity contribution in [1.29, 1.82) is 5.26 Å². The monoisotopic (exact) mass is 592 g/mol. The lowest BCUT2D eigenvalue weighted by Crippen LogP contribution is -2.66. The number of rotatable bonds is 9. The van der Waals surface area contributed by atoms with E-state index < -0.39 is 0 Å². The summed E-state index contributed by atoms with van der Waals surface area (Å²) in [6.45, 7) is 5.13. The summed E-state index contributed by atoms with van der Waals surface area (Å²) in [5, 5.41) is 27.7. The molecule has 2 amide bonds. The van der Waals surface area contributed by atoms with E-state index >= 15 is 0 Å². The van der Waals surface area contributed by atoms with Crippen molar-refractivity contribution in [3.05, 3.63) is 0 Å². The number of nitrogens with zero attached hydrogens (tertiary/aromatic N) is 1. The van der Waals surface area contributed by atoms with Gasteiger partial charge in [0.15, 0.2) is 0 Å². The topological polar surface area (TPSA) is 119 Å². The Kier molecular flexibility index (Phi) is 11.9. The number of urea groups is 1. The maximum absolute atomic E-state index is 13.0. The fraction of sp³-hybridized carbons (Fsp3) is 0.935. The summed E-state index contributed by atoms with van der Waals surface area (Å²) in [5.74, 6) is 0.0990. The Hall–Kier alpha value is -1.15. The molecule has 2 saturated heterocycles. The van der Waals surface area contributed by atoms with E-state index in [9.17, 15) is 10.1 Å². The molecular weight excluding hydrogens is 540 g/mol. The lowest BCUT2D eigenvalue weighted by molar-refractivity contribution is -0.0284. The van der Waals surface area contributed by atoms with Gasteiger partial charge >= 0.3 is 6.03 Å². The molecule has 0 bridgehead atoms. The molecule has 5 rings (SSSR count). The largest absolute Gasteiger partial charge is 0.376 e. The minimum atomic E-state index is -0.128. The normalized spacial score (nSPS) is 40.2. The van der Waals surface area contributed by atoms with Gasteiger partial charge < -0.3 is 36.1 Å². The van der Waals surface area contributed by atoms with Gasteiger partial charge in [-0.3, -0.25) is 0 Å². The fourth-order valence-electron chi connectivity index (χ4n) is 8.10. The maximum atomic E-state index is 13.0. The third-order valence-electron chi connectivity index (χ3n) is 10.3. The standard InChI is InChI=1S/C31H53ClN6O3/c1-2-40-29-16-26-24(15-27(29)38-31(39)37-21-8-4-3-5-9-21)30(20(17-33)18-35-26)36-22-11-12-28(25(32)14-22)41-19-23-10-6-7-13-34-23/h20-30,34-36H,2-16,18-19H2,1H3,(H2,37,38,39). The molecule has 10 heteroatoms. The zero-order valence-corrected chi connectivity index (χ0v) is 25.7. The van der Waals surface area contributed by atoms with Crippen molar-refractivity contribution >= 4 is 17.6 Å². The quantitative estimate of drug-likeness (QED) is 0.260. The van der Waals surface area contributed by atoms with Gasteiger partial charge in [0.05, 0.1) is 42.2 Å². The lowest BCUT2D eigenvalue weighted by Gasteiger charge is -2.50. The number of nitriles is 1. The van der Waals surface area contributed by atoms with Gasteiger partial charge in [0.25, 0.3) is 0 Å². The van der Waals surface area contributed by atoms with E-state index in [4.69, 9.17) is 21.1 Å². The van der Waals surface area contributed by atoms with Crippen LogP contribution in [0.4, 0.5) is 4.79 Å². The summed E-state index contributed by atoms with van der Waals surface area (Å²) in [7, 11) is 0. The Morgan fingerprint density at radius 1 is 0.927 bits per heavy atom. The van der Waals surface area contributed by atoms with Gasteiger partial charge in [-0.2, -0.15) is 5.26 Å². The van der Waals surface area contributed by atoms with Crippen LogP contribution in [0.1, 0.15) is 90.4 Å². The molecule has 0 aromatic carbocycles. The van der Waals surface area contributed by atoms with Crippen molar-refractivity contribution in [3.8, 4) is 6.07 Å². The molecule has 232 valence electrons. The molecule has 3 saturated carbocycles. The smallest absolute Gasteiger partial charge is 0.315 e. The molecule has 5 aliphatic rings. The van der Waals surface area contributed by atoms with E-state index in [0.717, 1.165) is 58.1 Å². The SMILES string of the molecule is CCOC1CC2NCC(C#N)C(NC3CCC(OCC4CCCCN4)C(Cl)C3)C2CC1NC(=O)NC1CCCCC1. The minimum Gasteiger partial charge on any atom is -0.376 e. The van der Waals surface area contributed by atoms with Crippen LogP contribution in [0.2, 0.25) is 0 Å². The number of fused-ring (bicyclic) bond motifs is 1. The molecule has 5 N–H and O–H groups in total. The average Bonchev–Trinajstić information content (AvgIpc) is 2.98. The highest BCUT2D eigenvalue weighted by Gasteiger charge is 2.47. The molecule has 0 aromatic heterocycles. The molecule has 10 unspecified atom stereocenters. The summed E-state index contributed by atoms with van der Waals surface area (Å²) < 4.78 is 12.5. The first-order valence-corrected chi connectivity index (χ1v) is 17.0. The van der Waals surface area contributed by atoms with Crippen LogP contribution in [0, 0.1) is 23.2 Å². The zero-order valence-electron chi connectivity index (χ0n) is 24.9. The predicted octanol–water partition coefficient (Wildman–Crippen LogP) is 3.56. The van der Waals surface area contributed by atoms with E-state index in [1.165, 1.54) is 38.5 Å². The molecule has 2 aliphatic heterocycles. The number of halogens is 1. The summed E-state index contributed by atoms with van der Waals surface area (Å²) in [5.41, 5.74) is 0. The van der Waals surface area contributed by atoms with E-state index in [1.807, 2.05) is 6.92 Å². The van der Waals surface area contributed by atoms with Crippen molar-refractivity contribution in [1.82, 2.24) is 26.6 Å². The molecular formula is C31H53ClN6O3. The van der Waals surface area contributed by atoms with Crippen molar-refractivity contribution < 1.29 is 14.3 Å². The van der Waals surface area contributed by atoms with Gasteiger partial charge in [-0.15, -0.1) is 11.6 Å². The van der Waals surface area contributed by atoms with Gasteiger partial charge in [0.1, 0.15) is 0 Å². The Morgan fingerprint density at radius 2 is 1.76 bits per heavy atom. The summed E-state index contributed by atoms with van der Waals surface area (Å²) in [6, 6.07) is 3.69. The van der Waals surface area contributed by atoms with Crippen LogP contribution in [0.25, 0.3) is 0 Å². The summed E-state index contributed by atoms with van der Waals surface area (Å²) >= 11 is 6.90. The van der Waals surface area contributed by atoms with Crippen LogP contribution in [0.15, 0.2) is 0 Å². The number of piperidine rings is 2. The van der Waals surface area contributed by atoms with Crippen LogP contribution in [-0.4, -0.2) is 86.2 Å². The molecule has 10 atom stereocenters. The average molecular weight is 593 g/mol. The second-order valence-corrected chi connectivity index (χ2v) is 13.7. The van der Waals surface area contributed by atoms with Gasteiger partial charge in [-0.1, -0.05) is 25.7 Å². The van der Waals surface area contributed by atoms with E-state index in [-0.39, 0.29) is 65.7 Å². The Balaban J connectivity index is 1.18. The Labute approximate surface area is 251 Å². The summed E-state index contributed by atoms with van der Waals surface area (Å²) in [4.78, 5) is 13.0. The zero-order chi connectivity index (χ0) is 28.6. The second kappa shape index (κ2) is 15.5. The second-order valence-electron chi connectivity index (χ2n) is 13.2. The number of hydrogen-bond donors (Lipinski definition) is 5. The third kappa shape index (κ3) is 8.49. The van der Waals surface area contributed by atoms with Crippen LogP contribution >= 0.6 is 11.6 Å². The lowest BCUT2D eigenvalue weighted by atomic mass is 9.69. The Bertz CT molecular complexity index is 863. The minimum absolute atomic E-state index is 0.0329. The van der Waals surface area contributed by atoms with Crippen molar-refractivity contribution in [3.63, 3.8) is 0 Å². The van der Waals surface area contributed by atoms with Crippen molar-refractivity contribution in [2.45, 2.75) is 144 Å². The van der Waals surface area contributed by atoms with Crippen LogP contribution < -0.4 is 26.6 Å².